The fraction of sp³-hybridized carbons (Fsp3) is 0.722. The normalized spacial score (nSPS) is 19.8. The van der Waals surface area contributed by atoms with E-state index in [4.69, 9.17) is 10.2 Å². The van der Waals surface area contributed by atoms with Crippen molar-refractivity contribution in [2.45, 2.75) is 45.7 Å². The zero-order valence-electron chi connectivity index (χ0n) is 15.8. The highest BCUT2D eigenvalue weighted by atomic mass is 127. The Kier molecular flexibility index (Phi) is 10.4. The summed E-state index contributed by atoms with van der Waals surface area (Å²) in [5, 5.41) is 3.30. The molecule has 2 unspecified atom stereocenters. The van der Waals surface area contributed by atoms with Crippen molar-refractivity contribution in [2.24, 2.45) is 10.7 Å². The maximum Gasteiger partial charge on any atom is 0.188 e. The number of furan rings is 1. The Morgan fingerprint density at radius 2 is 2.20 bits per heavy atom. The molecule has 1 saturated heterocycles. The van der Waals surface area contributed by atoms with Crippen LogP contribution in [-0.2, 0) is 0 Å². The van der Waals surface area contributed by atoms with Gasteiger partial charge in [0.05, 0.1) is 18.8 Å². The highest BCUT2D eigenvalue weighted by Crippen LogP contribution is 2.21. The molecule has 144 valence electrons. The average molecular weight is 463 g/mol. The molecule has 0 spiro atoms. The number of likely N-dealkylation sites (N-methyl/N-ethyl adjacent to an activating group) is 2. The van der Waals surface area contributed by atoms with Gasteiger partial charge in [0.2, 0.25) is 0 Å². The lowest BCUT2D eigenvalue weighted by Crippen LogP contribution is -2.43. The van der Waals surface area contributed by atoms with Gasteiger partial charge in [-0.3, -0.25) is 14.8 Å². The first-order chi connectivity index (χ1) is 11.7. The summed E-state index contributed by atoms with van der Waals surface area (Å²) >= 11 is 0. The van der Waals surface area contributed by atoms with Crippen molar-refractivity contribution < 1.29 is 4.42 Å². The Bertz CT molecular complexity index is 490. The van der Waals surface area contributed by atoms with Crippen LogP contribution in [0.15, 0.2) is 27.8 Å². The van der Waals surface area contributed by atoms with Gasteiger partial charge < -0.3 is 15.5 Å². The van der Waals surface area contributed by atoms with E-state index in [1.807, 2.05) is 12.1 Å². The highest BCUT2D eigenvalue weighted by molar-refractivity contribution is 14.0. The zero-order valence-corrected chi connectivity index (χ0v) is 18.1. The Morgan fingerprint density at radius 1 is 1.44 bits per heavy atom. The number of aliphatic imine (C=N–C) groups is 1. The summed E-state index contributed by atoms with van der Waals surface area (Å²) in [6.07, 6.45) is 4.24. The predicted molar refractivity (Wildman–Crippen MR) is 115 cm³/mol. The van der Waals surface area contributed by atoms with Crippen LogP contribution in [0.2, 0.25) is 0 Å². The van der Waals surface area contributed by atoms with Crippen molar-refractivity contribution in [3.05, 3.63) is 24.2 Å². The number of nitrogens with one attached hydrogen (secondary N) is 1. The number of nitrogens with two attached hydrogens (primary N) is 1. The maximum atomic E-state index is 6.09. The third-order valence-electron chi connectivity index (χ3n) is 4.98. The number of guanidine groups is 1. The van der Waals surface area contributed by atoms with Crippen molar-refractivity contribution in [3.8, 4) is 0 Å². The quantitative estimate of drug-likeness (QED) is 0.335. The number of likely N-dealkylation sites (tertiary alicyclic amines) is 1. The second kappa shape index (κ2) is 11.7. The molecule has 1 aliphatic heterocycles. The molecule has 1 aliphatic rings. The molecule has 2 rings (SSSR count). The van der Waals surface area contributed by atoms with Crippen LogP contribution >= 0.6 is 24.0 Å². The van der Waals surface area contributed by atoms with Crippen molar-refractivity contribution in [3.63, 3.8) is 0 Å². The van der Waals surface area contributed by atoms with Crippen LogP contribution in [0.5, 0.6) is 0 Å². The molecule has 0 bridgehead atoms. The lowest BCUT2D eigenvalue weighted by molar-refractivity contribution is 0.198. The van der Waals surface area contributed by atoms with Gasteiger partial charge >= 0.3 is 0 Å². The predicted octanol–water partition coefficient (Wildman–Crippen LogP) is 2.67. The molecule has 2 heterocycles. The van der Waals surface area contributed by atoms with Crippen molar-refractivity contribution in [1.29, 1.82) is 0 Å². The van der Waals surface area contributed by atoms with Gasteiger partial charge in [0.25, 0.3) is 0 Å². The molecule has 0 aliphatic carbocycles. The maximum absolute atomic E-state index is 6.09. The van der Waals surface area contributed by atoms with Crippen molar-refractivity contribution in [2.75, 3.05) is 39.3 Å². The number of nitrogens with zero attached hydrogens (tertiary/aromatic N) is 3. The van der Waals surface area contributed by atoms with E-state index in [1.54, 1.807) is 6.26 Å². The molecule has 7 heteroatoms. The van der Waals surface area contributed by atoms with Gasteiger partial charge in [0.1, 0.15) is 5.76 Å². The minimum absolute atomic E-state index is 0. The molecule has 2 atom stereocenters. The molecule has 0 radical (unpaired) electrons. The van der Waals surface area contributed by atoms with Crippen LogP contribution in [-0.4, -0.2) is 61.1 Å². The van der Waals surface area contributed by atoms with Gasteiger partial charge in [0.15, 0.2) is 5.96 Å². The van der Waals surface area contributed by atoms with E-state index in [2.05, 4.69) is 40.9 Å². The number of hydrogen-bond donors (Lipinski definition) is 2. The van der Waals surface area contributed by atoms with Gasteiger partial charge in [-0.2, -0.15) is 0 Å². The first-order valence-electron chi connectivity index (χ1n) is 9.24. The first kappa shape index (κ1) is 22.2. The fourth-order valence-electron chi connectivity index (χ4n) is 3.54. The molecule has 6 nitrogen and oxygen atoms in total. The topological polar surface area (TPSA) is 70.0 Å². The van der Waals surface area contributed by atoms with Crippen LogP contribution in [0, 0.1) is 0 Å². The summed E-state index contributed by atoms with van der Waals surface area (Å²) in [5.74, 6) is 1.48. The van der Waals surface area contributed by atoms with Crippen LogP contribution in [0.4, 0.5) is 0 Å². The largest absolute Gasteiger partial charge is 0.468 e. The zero-order chi connectivity index (χ0) is 17.4. The Labute approximate surface area is 169 Å². The standard InChI is InChI=1S/C18H33N5O.HI/c1-4-22(5-2)16(17-10-8-12-24-17)14-21-18(19)20-13-15-9-7-11-23(15)6-3;/h8,10,12,15-16H,4-7,9,11,13-14H2,1-3H3,(H3,19,20,21);1H. The molecule has 0 saturated carbocycles. The van der Waals surface area contributed by atoms with E-state index in [1.165, 1.54) is 19.4 Å². The lowest BCUT2D eigenvalue weighted by atomic mass is 10.2. The molecule has 1 fully saturated rings. The average Bonchev–Trinajstić information content (AvgIpc) is 3.27. The molecular weight excluding hydrogens is 429 g/mol. The van der Waals surface area contributed by atoms with Gasteiger partial charge in [-0.25, -0.2) is 0 Å². The smallest absolute Gasteiger partial charge is 0.188 e. The van der Waals surface area contributed by atoms with E-state index in [0.717, 1.165) is 31.9 Å². The Hall–Kier alpha value is -0.800. The van der Waals surface area contributed by atoms with E-state index >= 15 is 0 Å². The van der Waals surface area contributed by atoms with E-state index in [0.29, 0.717) is 18.5 Å². The summed E-state index contributed by atoms with van der Waals surface area (Å²) < 4.78 is 5.60. The molecule has 0 aromatic carbocycles. The van der Waals surface area contributed by atoms with E-state index in [-0.39, 0.29) is 30.0 Å². The van der Waals surface area contributed by atoms with Gasteiger partial charge in [-0.05, 0) is 51.2 Å². The van der Waals surface area contributed by atoms with E-state index in [9.17, 15) is 0 Å². The Balaban J connectivity index is 0.00000312. The Morgan fingerprint density at radius 3 is 2.80 bits per heavy atom. The molecular formula is C18H34IN5O. The summed E-state index contributed by atoms with van der Waals surface area (Å²) in [4.78, 5) is 9.41. The van der Waals surface area contributed by atoms with Crippen LogP contribution in [0.1, 0.15) is 45.4 Å². The summed E-state index contributed by atoms with van der Waals surface area (Å²) in [6.45, 7) is 12.2. The first-order valence-corrected chi connectivity index (χ1v) is 9.24. The summed E-state index contributed by atoms with van der Waals surface area (Å²) in [6, 6.07) is 4.65. The number of rotatable bonds is 9. The van der Waals surface area contributed by atoms with Gasteiger partial charge in [-0.1, -0.05) is 20.8 Å². The molecule has 25 heavy (non-hydrogen) atoms. The third-order valence-corrected chi connectivity index (χ3v) is 4.98. The molecule has 0 amide bonds. The van der Waals surface area contributed by atoms with Gasteiger partial charge in [0, 0.05) is 12.6 Å². The summed E-state index contributed by atoms with van der Waals surface area (Å²) in [7, 11) is 0. The second-order valence-corrected chi connectivity index (χ2v) is 6.28. The number of halogens is 1. The van der Waals surface area contributed by atoms with Crippen LogP contribution in [0.25, 0.3) is 0 Å². The number of hydrogen-bond acceptors (Lipinski definition) is 4. The SMILES string of the molecule is CCN1CCCC1CNC(N)=NCC(c1ccco1)N(CC)CC.I. The minimum atomic E-state index is 0. The van der Waals surface area contributed by atoms with Crippen molar-refractivity contribution in [1.82, 2.24) is 15.1 Å². The summed E-state index contributed by atoms with van der Waals surface area (Å²) in [5.41, 5.74) is 6.09. The van der Waals surface area contributed by atoms with Crippen LogP contribution < -0.4 is 11.1 Å². The van der Waals surface area contributed by atoms with E-state index < -0.39 is 0 Å². The minimum Gasteiger partial charge on any atom is -0.468 e. The molecule has 1 aromatic rings. The second-order valence-electron chi connectivity index (χ2n) is 6.28. The lowest BCUT2D eigenvalue weighted by Gasteiger charge is -2.27. The monoisotopic (exact) mass is 463 g/mol. The van der Waals surface area contributed by atoms with Crippen molar-refractivity contribution >= 4 is 29.9 Å². The third kappa shape index (κ3) is 6.45. The van der Waals surface area contributed by atoms with Crippen LogP contribution in [0.3, 0.4) is 0 Å². The molecule has 3 N–H and O–H groups in total. The fourth-order valence-corrected chi connectivity index (χ4v) is 3.54. The molecule has 1 aromatic heterocycles. The van der Waals surface area contributed by atoms with Gasteiger partial charge in [-0.15, -0.1) is 24.0 Å². The highest BCUT2D eigenvalue weighted by Gasteiger charge is 2.23.